The maximum Gasteiger partial charge on any atom is 0.406 e. The number of aryl methyl sites for hydroxylation is 1. The molecule has 1 aliphatic rings. The van der Waals surface area contributed by atoms with E-state index in [4.69, 9.17) is 9.47 Å². The van der Waals surface area contributed by atoms with Gasteiger partial charge in [0.25, 0.3) is 0 Å². The van der Waals surface area contributed by atoms with Crippen LogP contribution < -0.4 is 14.4 Å². The SMILES string of the molecule is COc1ccc(OC)c2c1CN(c1c([N+](=O)[O-])ncn1C)CC2O. The third-order valence-electron chi connectivity index (χ3n) is 4.15. The van der Waals surface area contributed by atoms with Crippen LogP contribution >= 0.6 is 0 Å². The van der Waals surface area contributed by atoms with Crippen molar-refractivity contribution in [1.82, 2.24) is 9.55 Å². The summed E-state index contributed by atoms with van der Waals surface area (Å²) >= 11 is 0. The van der Waals surface area contributed by atoms with Crippen LogP contribution in [0.1, 0.15) is 17.2 Å². The summed E-state index contributed by atoms with van der Waals surface area (Å²) in [6.07, 6.45) is 0.520. The first-order valence-corrected chi connectivity index (χ1v) is 7.30. The topological polar surface area (TPSA) is 103 Å². The molecule has 2 aromatic rings. The normalized spacial score (nSPS) is 16.7. The Balaban J connectivity index is 2.10. The van der Waals surface area contributed by atoms with Gasteiger partial charge < -0.3 is 29.6 Å². The van der Waals surface area contributed by atoms with Crippen LogP contribution in [0.2, 0.25) is 0 Å². The first-order valence-electron chi connectivity index (χ1n) is 7.30. The Labute approximate surface area is 138 Å². The van der Waals surface area contributed by atoms with E-state index in [0.717, 1.165) is 5.56 Å². The minimum Gasteiger partial charge on any atom is -0.496 e. The van der Waals surface area contributed by atoms with Crippen molar-refractivity contribution >= 4 is 11.6 Å². The van der Waals surface area contributed by atoms with Crippen LogP contribution in [0.3, 0.4) is 0 Å². The molecule has 9 heteroatoms. The van der Waals surface area contributed by atoms with E-state index in [2.05, 4.69) is 4.98 Å². The summed E-state index contributed by atoms with van der Waals surface area (Å²) in [5.74, 6) is 1.27. The maximum atomic E-state index is 11.2. The van der Waals surface area contributed by atoms with Gasteiger partial charge in [0.15, 0.2) is 0 Å². The molecule has 2 heterocycles. The van der Waals surface area contributed by atoms with Crippen LogP contribution in [0.5, 0.6) is 11.5 Å². The van der Waals surface area contributed by atoms with E-state index in [1.165, 1.54) is 13.4 Å². The number of hydrogen-bond acceptors (Lipinski definition) is 7. The van der Waals surface area contributed by atoms with E-state index >= 15 is 0 Å². The number of aliphatic hydroxyl groups is 1. The van der Waals surface area contributed by atoms with Crippen molar-refractivity contribution in [2.24, 2.45) is 7.05 Å². The van der Waals surface area contributed by atoms with Crippen LogP contribution in [0.25, 0.3) is 0 Å². The van der Waals surface area contributed by atoms with Crippen molar-refractivity contribution in [2.75, 3.05) is 25.7 Å². The van der Waals surface area contributed by atoms with E-state index in [9.17, 15) is 15.2 Å². The fourth-order valence-corrected chi connectivity index (χ4v) is 3.14. The molecule has 9 nitrogen and oxygen atoms in total. The highest BCUT2D eigenvalue weighted by Crippen LogP contribution is 2.41. The molecule has 128 valence electrons. The van der Waals surface area contributed by atoms with Crippen LogP contribution in [-0.4, -0.2) is 40.3 Å². The summed E-state index contributed by atoms with van der Waals surface area (Å²) in [5.41, 5.74) is 1.39. The highest BCUT2D eigenvalue weighted by molar-refractivity contribution is 5.60. The highest BCUT2D eigenvalue weighted by atomic mass is 16.6. The highest BCUT2D eigenvalue weighted by Gasteiger charge is 2.34. The minimum atomic E-state index is -0.867. The lowest BCUT2D eigenvalue weighted by Gasteiger charge is -2.34. The van der Waals surface area contributed by atoms with E-state index < -0.39 is 11.0 Å². The fourth-order valence-electron chi connectivity index (χ4n) is 3.14. The molecule has 3 rings (SSSR count). The number of nitrogens with zero attached hydrogens (tertiary/aromatic N) is 4. The summed E-state index contributed by atoms with van der Waals surface area (Å²) in [4.78, 5) is 16.3. The monoisotopic (exact) mass is 334 g/mol. The zero-order valence-electron chi connectivity index (χ0n) is 13.6. The van der Waals surface area contributed by atoms with Crippen molar-refractivity contribution in [3.63, 3.8) is 0 Å². The molecule has 1 aromatic heterocycles. The number of β-amino-alcohol motifs (C(OH)–C–C–N with tert-alkyl or cyclic N) is 1. The van der Waals surface area contributed by atoms with Crippen molar-refractivity contribution in [3.8, 4) is 11.5 Å². The van der Waals surface area contributed by atoms with Gasteiger partial charge >= 0.3 is 5.82 Å². The van der Waals surface area contributed by atoms with Crippen molar-refractivity contribution in [3.05, 3.63) is 39.7 Å². The molecule has 0 saturated heterocycles. The lowest BCUT2D eigenvalue weighted by molar-refractivity contribution is -0.388. The average molecular weight is 334 g/mol. The molecule has 0 amide bonds. The molecule has 1 atom stereocenters. The van der Waals surface area contributed by atoms with Crippen LogP contribution in [0.4, 0.5) is 11.6 Å². The van der Waals surface area contributed by atoms with Crippen LogP contribution in [0.15, 0.2) is 18.5 Å². The van der Waals surface area contributed by atoms with Gasteiger partial charge in [-0.1, -0.05) is 0 Å². The number of methoxy groups -OCH3 is 2. The third-order valence-corrected chi connectivity index (χ3v) is 4.15. The van der Waals surface area contributed by atoms with Gasteiger partial charge in [0, 0.05) is 24.7 Å². The zero-order valence-corrected chi connectivity index (χ0v) is 13.6. The zero-order chi connectivity index (χ0) is 17.4. The van der Waals surface area contributed by atoms with Crippen LogP contribution in [-0.2, 0) is 13.6 Å². The Morgan fingerprint density at radius 1 is 1.33 bits per heavy atom. The van der Waals surface area contributed by atoms with E-state index in [1.807, 2.05) is 0 Å². The van der Waals surface area contributed by atoms with Crippen molar-refractivity contribution < 1.29 is 19.5 Å². The standard InChI is InChI=1S/C15H18N4O5/c1-17-8-16-14(19(21)22)15(17)18-6-9-11(23-2)4-5-12(24-3)13(9)10(20)7-18/h4-5,8,10,20H,6-7H2,1-3H3. The number of benzene rings is 1. The Morgan fingerprint density at radius 3 is 2.62 bits per heavy atom. The Morgan fingerprint density at radius 2 is 2.00 bits per heavy atom. The van der Waals surface area contributed by atoms with Crippen molar-refractivity contribution in [1.29, 1.82) is 0 Å². The number of hydrogen-bond donors (Lipinski definition) is 1. The quantitative estimate of drug-likeness (QED) is 0.666. The lowest BCUT2D eigenvalue weighted by atomic mass is 9.95. The summed E-state index contributed by atoms with van der Waals surface area (Å²) < 4.78 is 12.3. The Hall–Kier alpha value is -2.81. The second kappa shape index (κ2) is 6.00. The molecular formula is C15H18N4O5. The number of nitro groups is 1. The van der Waals surface area contributed by atoms with Gasteiger partial charge in [-0.15, -0.1) is 0 Å². The van der Waals surface area contributed by atoms with E-state index in [1.54, 1.807) is 35.8 Å². The summed E-state index contributed by atoms with van der Waals surface area (Å²) in [6, 6.07) is 3.49. The van der Waals surface area contributed by atoms with E-state index in [0.29, 0.717) is 29.4 Å². The predicted octanol–water partition coefficient (Wildman–Crippen LogP) is 1.40. The van der Waals surface area contributed by atoms with Gasteiger partial charge in [0.2, 0.25) is 12.1 Å². The Bertz CT molecular complexity index is 788. The average Bonchev–Trinajstić information content (AvgIpc) is 2.95. The fraction of sp³-hybridized carbons (Fsp3) is 0.400. The number of imidazole rings is 1. The molecule has 1 aromatic carbocycles. The van der Waals surface area contributed by atoms with Gasteiger partial charge in [-0.25, -0.2) is 0 Å². The Kier molecular flexibility index (Phi) is 4.02. The summed E-state index contributed by atoms with van der Waals surface area (Å²) in [7, 11) is 4.76. The first-order chi connectivity index (χ1) is 11.5. The molecule has 0 bridgehead atoms. The summed E-state index contributed by atoms with van der Waals surface area (Å²) in [5, 5.41) is 21.8. The molecule has 1 aliphatic heterocycles. The van der Waals surface area contributed by atoms with Gasteiger partial charge in [0.05, 0.1) is 20.8 Å². The second-order valence-corrected chi connectivity index (χ2v) is 5.52. The number of ether oxygens (including phenoxy) is 2. The number of fused-ring (bicyclic) bond motifs is 1. The lowest BCUT2D eigenvalue weighted by Crippen LogP contribution is -2.35. The number of rotatable bonds is 4. The molecule has 0 radical (unpaired) electrons. The number of aliphatic hydroxyl groups excluding tert-OH is 1. The first kappa shape index (κ1) is 16.1. The molecular weight excluding hydrogens is 316 g/mol. The second-order valence-electron chi connectivity index (χ2n) is 5.52. The molecule has 0 aliphatic carbocycles. The minimum absolute atomic E-state index is 0.191. The van der Waals surface area contributed by atoms with Gasteiger partial charge in [-0.3, -0.25) is 4.57 Å². The largest absolute Gasteiger partial charge is 0.496 e. The molecule has 1 unspecified atom stereocenters. The van der Waals surface area contributed by atoms with E-state index in [-0.39, 0.29) is 12.4 Å². The van der Waals surface area contributed by atoms with Crippen molar-refractivity contribution in [2.45, 2.75) is 12.6 Å². The summed E-state index contributed by atoms with van der Waals surface area (Å²) in [6.45, 7) is 0.532. The van der Waals surface area contributed by atoms with Gasteiger partial charge in [0.1, 0.15) is 17.6 Å². The molecule has 24 heavy (non-hydrogen) atoms. The molecule has 0 saturated carbocycles. The smallest absolute Gasteiger partial charge is 0.406 e. The maximum absolute atomic E-state index is 11.2. The van der Waals surface area contributed by atoms with Crippen LogP contribution in [0, 0.1) is 10.1 Å². The molecule has 1 N–H and O–H groups in total. The predicted molar refractivity (Wildman–Crippen MR) is 85.4 cm³/mol. The van der Waals surface area contributed by atoms with Gasteiger partial charge in [-0.2, -0.15) is 0 Å². The van der Waals surface area contributed by atoms with Gasteiger partial charge in [-0.05, 0) is 22.0 Å². The number of aromatic nitrogens is 2. The molecule has 0 fully saturated rings. The molecule has 0 spiro atoms. The number of anilines is 1. The third kappa shape index (κ3) is 2.42.